The normalized spacial score (nSPS) is 19.1. The van der Waals surface area contributed by atoms with Crippen LogP contribution in [-0.2, 0) is 12.1 Å². The SMILES string of the molecule is C[C@@H](N1NC(F)c2cc(F)ccc21)[C@](O)(Cn1cncn1)c1ccc(F)cc1F. The standard InChI is InChI=1S/C19H17F4N5O/c1-11(28-17-5-3-12(20)6-14(17)18(23)26-28)19(29,8-27-10-24-9-25-27)15-4-2-13(21)7-16(15)22/h2-7,9-11,18,26,29H,8H2,1H3/t11-,18?,19-/m1/s1. The molecule has 152 valence electrons. The summed E-state index contributed by atoms with van der Waals surface area (Å²) < 4.78 is 57.4. The molecule has 1 aliphatic rings. The number of alkyl halides is 1. The van der Waals surface area contributed by atoms with Gasteiger partial charge in [-0.05, 0) is 31.2 Å². The first-order chi connectivity index (χ1) is 13.8. The molecule has 2 N–H and O–H groups in total. The molecule has 1 unspecified atom stereocenters. The van der Waals surface area contributed by atoms with Crippen LogP contribution in [0.5, 0.6) is 0 Å². The van der Waals surface area contributed by atoms with Gasteiger partial charge in [-0.15, -0.1) is 0 Å². The highest BCUT2D eigenvalue weighted by Crippen LogP contribution is 2.40. The van der Waals surface area contributed by atoms with Gasteiger partial charge < -0.3 is 5.11 Å². The van der Waals surface area contributed by atoms with Crippen molar-refractivity contribution in [3.05, 3.63) is 77.6 Å². The largest absolute Gasteiger partial charge is 0.381 e. The van der Waals surface area contributed by atoms with Gasteiger partial charge in [0.1, 0.15) is 35.7 Å². The van der Waals surface area contributed by atoms with E-state index in [2.05, 4.69) is 15.5 Å². The Kier molecular flexibility index (Phi) is 4.75. The van der Waals surface area contributed by atoms with Gasteiger partial charge in [-0.1, -0.05) is 6.07 Å². The summed E-state index contributed by atoms with van der Waals surface area (Å²) in [6.07, 6.45) is 0.866. The Balaban J connectivity index is 1.79. The summed E-state index contributed by atoms with van der Waals surface area (Å²) in [6, 6.07) is 5.42. The molecule has 0 radical (unpaired) electrons. The zero-order valence-corrected chi connectivity index (χ0v) is 15.2. The van der Waals surface area contributed by atoms with Crippen LogP contribution < -0.4 is 10.4 Å². The number of aliphatic hydroxyl groups is 1. The minimum absolute atomic E-state index is 0.0551. The van der Waals surface area contributed by atoms with Crippen LogP contribution in [0.1, 0.15) is 24.3 Å². The van der Waals surface area contributed by atoms with Crippen LogP contribution >= 0.6 is 0 Å². The lowest BCUT2D eigenvalue weighted by atomic mass is 9.85. The molecule has 0 amide bonds. The fourth-order valence-electron chi connectivity index (χ4n) is 3.59. The van der Waals surface area contributed by atoms with Crippen molar-refractivity contribution < 1.29 is 22.7 Å². The fraction of sp³-hybridized carbons (Fsp3) is 0.263. The van der Waals surface area contributed by atoms with Crippen molar-refractivity contribution in [2.45, 2.75) is 31.4 Å². The Morgan fingerprint density at radius 2 is 1.90 bits per heavy atom. The number of hydrazine groups is 1. The van der Waals surface area contributed by atoms with E-state index in [0.29, 0.717) is 11.8 Å². The molecule has 0 aliphatic carbocycles. The molecule has 3 aromatic rings. The Labute approximate surface area is 163 Å². The number of nitrogens with zero attached hydrogens (tertiary/aromatic N) is 4. The third-order valence-corrected chi connectivity index (χ3v) is 5.12. The summed E-state index contributed by atoms with van der Waals surface area (Å²) in [5, 5.41) is 16.8. The second-order valence-corrected chi connectivity index (χ2v) is 6.88. The predicted octanol–water partition coefficient (Wildman–Crippen LogP) is 2.96. The lowest BCUT2D eigenvalue weighted by Gasteiger charge is -2.40. The molecule has 2 aromatic carbocycles. The van der Waals surface area contributed by atoms with Crippen molar-refractivity contribution in [1.29, 1.82) is 0 Å². The van der Waals surface area contributed by atoms with Crippen molar-refractivity contribution in [1.82, 2.24) is 20.2 Å². The number of halogens is 4. The third kappa shape index (κ3) is 3.34. The Morgan fingerprint density at radius 3 is 2.59 bits per heavy atom. The Morgan fingerprint density at radius 1 is 1.17 bits per heavy atom. The molecule has 6 nitrogen and oxygen atoms in total. The monoisotopic (exact) mass is 407 g/mol. The summed E-state index contributed by atoms with van der Waals surface area (Å²) in [5.74, 6) is -2.37. The second-order valence-electron chi connectivity index (χ2n) is 6.88. The van der Waals surface area contributed by atoms with E-state index in [-0.39, 0.29) is 17.7 Å². The lowest BCUT2D eigenvalue weighted by Crippen LogP contribution is -2.55. The second kappa shape index (κ2) is 7.12. The molecule has 2 heterocycles. The average Bonchev–Trinajstić information content (AvgIpc) is 3.29. The van der Waals surface area contributed by atoms with Crippen LogP contribution in [0.25, 0.3) is 0 Å². The maximum absolute atomic E-state index is 14.6. The van der Waals surface area contributed by atoms with Gasteiger partial charge in [0.05, 0.1) is 18.3 Å². The summed E-state index contributed by atoms with van der Waals surface area (Å²) in [4.78, 5) is 3.81. The van der Waals surface area contributed by atoms with E-state index in [1.54, 1.807) is 0 Å². The molecular weight excluding hydrogens is 390 g/mol. The molecule has 0 saturated carbocycles. The quantitative estimate of drug-likeness (QED) is 0.503. The van der Waals surface area contributed by atoms with Gasteiger partial charge in [0.2, 0.25) is 0 Å². The predicted molar refractivity (Wildman–Crippen MR) is 95.6 cm³/mol. The first kappa shape index (κ1) is 19.3. The zero-order valence-electron chi connectivity index (χ0n) is 15.2. The van der Waals surface area contributed by atoms with Gasteiger partial charge in [0, 0.05) is 17.2 Å². The van der Waals surface area contributed by atoms with E-state index in [0.717, 1.165) is 24.3 Å². The highest BCUT2D eigenvalue weighted by molar-refractivity contribution is 5.59. The zero-order chi connectivity index (χ0) is 20.8. The molecule has 29 heavy (non-hydrogen) atoms. The van der Waals surface area contributed by atoms with Gasteiger partial charge >= 0.3 is 0 Å². The minimum Gasteiger partial charge on any atom is -0.381 e. The van der Waals surface area contributed by atoms with E-state index >= 15 is 0 Å². The van der Waals surface area contributed by atoms with Crippen molar-refractivity contribution in [3.63, 3.8) is 0 Å². The van der Waals surface area contributed by atoms with E-state index in [9.17, 15) is 22.7 Å². The highest BCUT2D eigenvalue weighted by atomic mass is 19.1. The number of benzene rings is 2. The molecule has 1 aromatic heterocycles. The molecular formula is C19H17F4N5O. The maximum Gasteiger partial charge on any atom is 0.195 e. The number of rotatable bonds is 5. The molecule has 4 rings (SSSR count). The van der Waals surface area contributed by atoms with Gasteiger partial charge in [0.15, 0.2) is 6.30 Å². The maximum atomic E-state index is 14.6. The van der Waals surface area contributed by atoms with E-state index in [1.165, 1.54) is 35.3 Å². The number of nitrogens with one attached hydrogen (secondary N) is 1. The van der Waals surface area contributed by atoms with Crippen molar-refractivity contribution >= 4 is 5.69 Å². The molecule has 10 heteroatoms. The van der Waals surface area contributed by atoms with Crippen molar-refractivity contribution in [3.8, 4) is 0 Å². The molecule has 0 saturated heterocycles. The fourth-order valence-corrected chi connectivity index (χ4v) is 3.59. The summed E-state index contributed by atoms with van der Waals surface area (Å²) in [7, 11) is 0. The molecule has 0 bridgehead atoms. The summed E-state index contributed by atoms with van der Waals surface area (Å²) in [6.45, 7) is 1.29. The smallest absolute Gasteiger partial charge is 0.195 e. The van der Waals surface area contributed by atoms with Crippen LogP contribution in [0.15, 0.2) is 49.1 Å². The number of fused-ring (bicyclic) bond motifs is 1. The molecule has 0 spiro atoms. The number of hydrogen-bond acceptors (Lipinski definition) is 5. The Bertz CT molecular complexity index is 1030. The van der Waals surface area contributed by atoms with E-state index in [4.69, 9.17) is 0 Å². The lowest BCUT2D eigenvalue weighted by molar-refractivity contribution is -0.0149. The first-order valence-electron chi connectivity index (χ1n) is 8.79. The number of aromatic nitrogens is 3. The van der Waals surface area contributed by atoms with Crippen LogP contribution in [-0.4, -0.2) is 25.9 Å². The minimum atomic E-state index is -1.98. The van der Waals surface area contributed by atoms with Gasteiger partial charge in [0.25, 0.3) is 0 Å². The Hall–Kier alpha value is -2.98. The summed E-state index contributed by atoms with van der Waals surface area (Å²) >= 11 is 0. The van der Waals surface area contributed by atoms with Crippen LogP contribution in [0, 0.1) is 17.5 Å². The molecule has 0 fully saturated rings. The van der Waals surface area contributed by atoms with Crippen molar-refractivity contribution in [2.24, 2.45) is 0 Å². The highest BCUT2D eigenvalue weighted by Gasteiger charge is 2.45. The number of anilines is 1. The molecule has 1 aliphatic heterocycles. The van der Waals surface area contributed by atoms with Gasteiger partial charge in [-0.3, -0.25) is 5.01 Å². The van der Waals surface area contributed by atoms with Crippen LogP contribution in [0.3, 0.4) is 0 Å². The average molecular weight is 407 g/mol. The van der Waals surface area contributed by atoms with Crippen molar-refractivity contribution in [2.75, 3.05) is 5.01 Å². The van der Waals surface area contributed by atoms with Gasteiger partial charge in [-0.25, -0.2) is 27.2 Å². The van der Waals surface area contributed by atoms with Crippen LogP contribution in [0.2, 0.25) is 0 Å². The van der Waals surface area contributed by atoms with E-state index < -0.39 is 35.4 Å². The van der Waals surface area contributed by atoms with Crippen LogP contribution in [0.4, 0.5) is 23.2 Å². The molecule has 3 atom stereocenters. The van der Waals surface area contributed by atoms with E-state index in [1.807, 2.05) is 0 Å². The van der Waals surface area contributed by atoms with Gasteiger partial charge in [-0.2, -0.15) is 10.5 Å². The first-order valence-corrected chi connectivity index (χ1v) is 8.79. The summed E-state index contributed by atoms with van der Waals surface area (Å²) in [5.41, 5.74) is 0.705. The number of hydrogen-bond donors (Lipinski definition) is 2. The third-order valence-electron chi connectivity index (χ3n) is 5.12. The topological polar surface area (TPSA) is 66.2 Å².